The Bertz CT molecular complexity index is 145. The lowest BCUT2D eigenvalue weighted by Gasteiger charge is -2.39. The van der Waals surface area contributed by atoms with Gasteiger partial charge in [0.1, 0.15) is 0 Å². The van der Waals surface area contributed by atoms with Gasteiger partial charge >= 0.3 is 0 Å². The first-order valence-corrected chi connectivity index (χ1v) is 4.93. The maximum absolute atomic E-state index is 5.96. The predicted octanol–water partition coefficient (Wildman–Crippen LogP) is 1.80. The second-order valence-electron chi connectivity index (χ2n) is 4.43. The van der Waals surface area contributed by atoms with Crippen molar-refractivity contribution in [1.82, 2.24) is 5.32 Å². The summed E-state index contributed by atoms with van der Waals surface area (Å²) in [4.78, 5) is 0. The minimum Gasteiger partial charge on any atom is -0.369 e. The number of nitrogens with one attached hydrogen (secondary N) is 1. The molecule has 1 heterocycles. The van der Waals surface area contributed by atoms with Gasteiger partial charge in [0.25, 0.3) is 0 Å². The predicted molar refractivity (Wildman–Crippen MR) is 51.3 cm³/mol. The Morgan fingerprint density at radius 3 is 2.75 bits per heavy atom. The van der Waals surface area contributed by atoms with Crippen LogP contribution < -0.4 is 5.32 Å². The van der Waals surface area contributed by atoms with Crippen LogP contribution in [-0.4, -0.2) is 24.8 Å². The van der Waals surface area contributed by atoms with Gasteiger partial charge in [0.05, 0.1) is 11.7 Å². The maximum Gasteiger partial charge on any atom is 0.0754 e. The Morgan fingerprint density at radius 2 is 2.25 bits per heavy atom. The zero-order chi connectivity index (χ0) is 9.19. The van der Waals surface area contributed by atoms with Gasteiger partial charge in [-0.3, -0.25) is 0 Å². The highest BCUT2D eigenvalue weighted by atomic mass is 16.5. The molecule has 0 radical (unpaired) electrons. The minimum absolute atomic E-state index is 0.0202. The molecule has 0 amide bonds. The van der Waals surface area contributed by atoms with Crippen molar-refractivity contribution in [1.29, 1.82) is 0 Å². The summed E-state index contributed by atoms with van der Waals surface area (Å²) in [5, 5.41) is 3.42. The van der Waals surface area contributed by atoms with Crippen LogP contribution in [0.2, 0.25) is 0 Å². The molecule has 0 aromatic rings. The number of hydrogen-bond acceptors (Lipinski definition) is 2. The highest BCUT2D eigenvalue weighted by molar-refractivity contribution is 4.83. The van der Waals surface area contributed by atoms with E-state index in [0.717, 1.165) is 13.1 Å². The lowest BCUT2D eigenvalue weighted by atomic mass is 9.98. The molecule has 1 fully saturated rings. The van der Waals surface area contributed by atoms with E-state index in [-0.39, 0.29) is 5.60 Å². The molecule has 12 heavy (non-hydrogen) atoms. The van der Waals surface area contributed by atoms with E-state index >= 15 is 0 Å². The van der Waals surface area contributed by atoms with Crippen molar-refractivity contribution in [3.05, 3.63) is 0 Å². The minimum atomic E-state index is 0.0202. The molecule has 0 bridgehead atoms. The zero-order valence-corrected chi connectivity index (χ0v) is 8.68. The van der Waals surface area contributed by atoms with Crippen LogP contribution in [0, 0.1) is 5.92 Å². The quantitative estimate of drug-likeness (QED) is 0.684. The van der Waals surface area contributed by atoms with Crippen molar-refractivity contribution in [3.8, 4) is 0 Å². The molecule has 2 heteroatoms. The molecule has 1 saturated heterocycles. The molecule has 1 rings (SSSR count). The average Bonchev–Trinajstić information content (AvgIpc) is 2.01. The van der Waals surface area contributed by atoms with E-state index < -0.39 is 0 Å². The number of rotatable bonds is 2. The number of ether oxygens (including phenoxy) is 1. The van der Waals surface area contributed by atoms with Crippen LogP contribution in [0.4, 0.5) is 0 Å². The van der Waals surface area contributed by atoms with Gasteiger partial charge in [0.2, 0.25) is 0 Å². The lowest BCUT2D eigenvalue weighted by molar-refractivity contribution is -0.114. The van der Waals surface area contributed by atoms with Gasteiger partial charge in [-0.1, -0.05) is 20.3 Å². The number of hydrogen-bond donors (Lipinski definition) is 1. The van der Waals surface area contributed by atoms with Crippen molar-refractivity contribution >= 4 is 0 Å². The van der Waals surface area contributed by atoms with Crippen molar-refractivity contribution < 1.29 is 4.74 Å². The van der Waals surface area contributed by atoms with E-state index in [4.69, 9.17) is 4.74 Å². The van der Waals surface area contributed by atoms with Crippen molar-refractivity contribution in [2.75, 3.05) is 13.1 Å². The lowest BCUT2D eigenvalue weighted by Crippen LogP contribution is -2.52. The molecule has 2 unspecified atom stereocenters. The molecule has 0 aromatic carbocycles. The van der Waals surface area contributed by atoms with E-state index in [2.05, 4.69) is 33.0 Å². The summed E-state index contributed by atoms with van der Waals surface area (Å²) in [6.07, 6.45) is 1.60. The Kier molecular flexibility index (Phi) is 3.13. The van der Waals surface area contributed by atoms with Gasteiger partial charge in [-0.05, 0) is 19.8 Å². The Labute approximate surface area is 75.7 Å². The zero-order valence-electron chi connectivity index (χ0n) is 8.68. The van der Waals surface area contributed by atoms with Crippen LogP contribution in [-0.2, 0) is 4.74 Å². The van der Waals surface area contributed by atoms with Crippen molar-refractivity contribution in [2.24, 2.45) is 5.92 Å². The molecule has 0 saturated carbocycles. The fourth-order valence-corrected chi connectivity index (χ4v) is 1.59. The summed E-state index contributed by atoms with van der Waals surface area (Å²) in [6.45, 7) is 10.8. The van der Waals surface area contributed by atoms with E-state index in [9.17, 15) is 0 Å². The van der Waals surface area contributed by atoms with E-state index in [1.54, 1.807) is 0 Å². The largest absolute Gasteiger partial charge is 0.369 e. The molecule has 0 aliphatic carbocycles. The fourth-order valence-electron chi connectivity index (χ4n) is 1.59. The van der Waals surface area contributed by atoms with Crippen LogP contribution >= 0.6 is 0 Å². The summed E-state index contributed by atoms with van der Waals surface area (Å²) >= 11 is 0. The molecule has 0 spiro atoms. The van der Waals surface area contributed by atoms with E-state index in [1.165, 1.54) is 6.42 Å². The summed E-state index contributed by atoms with van der Waals surface area (Å²) in [6, 6.07) is 0. The summed E-state index contributed by atoms with van der Waals surface area (Å²) in [5.41, 5.74) is 0.0202. The Hall–Kier alpha value is -0.0800. The van der Waals surface area contributed by atoms with E-state index in [0.29, 0.717) is 12.0 Å². The average molecular weight is 171 g/mol. The van der Waals surface area contributed by atoms with Crippen molar-refractivity contribution in [2.45, 2.75) is 45.8 Å². The van der Waals surface area contributed by atoms with Gasteiger partial charge in [-0.15, -0.1) is 0 Å². The molecular formula is C10H21NO. The van der Waals surface area contributed by atoms with Gasteiger partial charge in [0, 0.05) is 13.1 Å². The standard InChI is InChI=1S/C10H21NO/c1-5-8(2)9-6-11-7-10(3,4)12-9/h8-9,11H,5-7H2,1-4H3. The molecular weight excluding hydrogens is 150 g/mol. The van der Waals surface area contributed by atoms with E-state index in [1.807, 2.05) is 0 Å². The van der Waals surface area contributed by atoms with Crippen molar-refractivity contribution in [3.63, 3.8) is 0 Å². The van der Waals surface area contributed by atoms with Crippen LogP contribution in [0.15, 0.2) is 0 Å². The van der Waals surface area contributed by atoms with Gasteiger partial charge in [-0.25, -0.2) is 0 Å². The first-order chi connectivity index (χ1) is 5.55. The molecule has 1 N–H and O–H groups in total. The molecule has 72 valence electrons. The monoisotopic (exact) mass is 171 g/mol. The fraction of sp³-hybridized carbons (Fsp3) is 1.00. The molecule has 0 aromatic heterocycles. The summed E-state index contributed by atoms with van der Waals surface area (Å²) in [7, 11) is 0. The third kappa shape index (κ3) is 2.46. The molecule has 1 aliphatic heterocycles. The molecule has 2 nitrogen and oxygen atoms in total. The van der Waals surface area contributed by atoms with Crippen LogP contribution in [0.25, 0.3) is 0 Å². The maximum atomic E-state index is 5.96. The third-order valence-corrected chi connectivity index (χ3v) is 2.65. The highest BCUT2D eigenvalue weighted by Gasteiger charge is 2.30. The van der Waals surface area contributed by atoms with Gasteiger partial charge < -0.3 is 10.1 Å². The summed E-state index contributed by atoms with van der Waals surface area (Å²) in [5.74, 6) is 0.664. The first kappa shape index (κ1) is 10.0. The van der Waals surface area contributed by atoms with Crippen LogP contribution in [0.5, 0.6) is 0 Å². The second kappa shape index (κ2) is 3.75. The normalized spacial score (nSPS) is 31.5. The second-order valence-corrected chi connectivity index (χ2v) is 4.43. The van der Waals surface area contributed by atoms with Gasteiger partial charge in [-0.2, -0.15) is 0 Å². The Balaban J connectivity index is 2.46. The third-order valence-electron chi connectivity index (χ3n) is 2.65. The van der Waals surface area contributed by atoms with Crippen LogP contribution in [0.1, 0.15) is 34.1 Å². The topological polar surface area (TPSA) is 21.3 Å². The Morgan fingerprint density at radius 1 is 1.58 bits per heavy atom. The molecule has 2 atom stereocenters. The highest BCUT2D eigenvalue weighted by Crippen LogP contribution is 2.21. The number of morpholine rings is 1. The molecule has 1 aliphatic rings. The first-order valence-electron chi connectivity index (χ1n) is 4.93. The summed E-state index contributed by atoms with van der Waals surface area (Å²) < 4.78 is 5.96. The SMILES string of the molecule is CCC(C)C1CNCC(C)(C)O1. The van der Waals surface area contributed by atoms with Crippen LogP contribution in [0.3, 0.4) is 0 Å². The smallest absolute Gasteiger partial charge is 0.0754 e. The van der Waals surface area contributed by atoms with Gasteiger partial charge in [0.15, 0.2) is 0 Å².